The molecule has 10 heteroatoms. The second kappa shape index (κ2) is 14.3. The van der Waals surface area contributed by atoms with Crippen LogP contribution in [0.15, 0.2) is 83.8 Å². The van der Waals surface area contributed by atoms with Crippen LogP contribution in [0.3, 0.4) is 0 Å². The summed E-state index contributed by atoms with van der Waals surface area (Å²) in [6.45, 7) is 3.90. The van der Waals surface area contributed by atoms with Gasteiger partial charge in [0, 0.05) is 16.7 Å². The van der Waals surface area contributed by atoms with Gasteiger partial charge < -0.3 is 15.0 Å². The highest BCUT2D eigenvalue weighted by atomic mass is 127. The molecular formula is C29H34IN3O5S. The molecular weight excluding hydrogens is 629 g/mol. The lowest BCUT2D eigenvalue weighted by atomic mass is 10.1. The van der Waals surface area contributed by atoms with Crippen LogP contribution in [-0.4, -0.2) is 51.4 Å². The van der Waals surface area contributed by atoms with Gasteiger partial charge in [0.1, 0.15) is 18.3 Å². The Morgan fingerprint density at radius 1 is 0.974 bits per heavy atom. The molecule has 0 saturated carbocycles. The van der Waals surface area contributed by atoms with Crippen molar-refractivity contribution in [2.75, 3.05) is 24.5 Å². The van der Waals surface area contributed by atoms with E-state index in [2.05, 4.69) is 27.9 Å². The molecule has 0 unspecified atom stereocenters. The summed E-state index contributed by atoms with van der Waals surface area (Å²) in [5.41, 5.74) is 1.12. The second-order valence-electron chi connectivity index (χ2n) is 8.89. The minimum atomic E-state index is -4.08. The summed E-state index contributed by atoms with van der Waals surface area (Å²) in [6, 6.07) is 21.4. The zero-order chi connectivity index (χ0) is 28.4. The van der Waals surface area contributed by atoms with Crippen molar-refractivity contribution in [2.45, 2.75) is 44.2 Å². The number of methoxy groups -OCH3 is 1. The maximum atomic E-state index is 14.0. The first-order valence-corrected chi connectivity index (χ1v) is 15.3. The van der Waals surface area contributed by atoms with E-state index < -0.39 is 28.5 Å². The van der Waals surface area contributed by atoms with Crippen LogP contribution in [0.5, 0.6) is 5.75 Å². The first-order valence-electron chi connectivity index (χ1n) is 12.7. The number of nitrogens with one attached hydrogen (secondary N) is 1. The van der Waals surface area contributed by atoms with E-state index in [1.54, 1.807) is 61.7 Å². The number of amides is 2. The zero-order valence-electron chi connectivity index (χ0n) is 22.3. The Kier molecular flexibility index (Phi) is 11.2. The number of halogens is 1. The summed E-state index contributed by atoms with van der Waals surface area (Å²) in [7, 11) is -2.53. The van der Waals surface area contributed by atoms with E-state index in [4.69, 9.17) is 4.74 Å². The molecule has 0 radical (unpaired) electrons. The number of benzene rings is 3. The summed E-state index contributed by atoms with van der Waals surface area (Å²) in [4.78, 5) is 28.7. The predicted octanol–water partition coefficient (Wildman–Crippen LogP) is 4.83. The molecule has 0 saturated heterocycles. The molecule has 0 aliphatic heterocycles. The number of carbonyl (C=O) groups excluding carboxylic acids is 2. The van der Waals surface area contributed by atoms with E-state index in [1.165, 1.54) is 17.0 Å². The topological polar surface area (TPSA) is 96.0 Å². The molecule has 1 atom stereocenters. The maximum absolute atomic E-state index is 14.0. The fraction of sp³-hybridized carbons (Fsp3) is 0.310. The number of hydrogen-bond acceptors (Lipinski definition) is 5. The van der Waals surface area contributed by atoms with Crippen LogP contribution in [0.2, 0.25) is 0 Å². The predicted molar refractivity (Wildman–Crippen MR) is 161 cm³/mol. The monoisotopic (exact) mass is 663 g/mol. The highest BCUT2D eigenvalue weighted by molar-refractivity contribution is 14.1. The minimum absolute atomic E-state index is 0.0726. The van der Waals surface area contributed by atoms with E-state index in [-0.39, 0.29) is 17.3 Å². The third kappa shape index (κ3) is 7.95. The molecule has 208 valence electrons. The molecule has 0 aromatic heterocycles. The van der Waals surface area contributed by atoms with Crippen molar-refractivity contribution in [3.63, 3.8) is 0 Å². The zero-order valence-corrected chi connectivity index (χ0v) is 25.3. The fourth-order valence-electron chi connectivity index (χ4n) is 4.11. The van der Waals surface area contributed by atoms with Crippen molar-refractivity contribution >= 4 is 50.1 Å². The van der Waals surface area contributed by atoms with Crippen LogP contribution >= 0.6 is 22.6 Å². The molecule has 0 aliphatic rings. The van der Waals surface area contributed by atoms with Crippen molar-refractivity contribution in [3.8, 4) is 5.75 Å². The quantitative estimate of drug-likeness (QED) is 0.265. The van der Waals surface area contributed by atoms with E-state index >= 15 is 0 Å². The van der Waals surface area contributed by atoms with Gasteiger partial charge in [0.05, 0.1) is 17.7 Å². The maximum Gasteiger partial charge on any atom is 0.264 e. The molecule has 39 heavy (non-hydrogen) atoms. The van der Waals surface area contributed by atoms with Gasteiger partial charge in [-0.1, -0.05) is 44.2 Å². The molecule has 0 bridgehead atoms. The van der Waals surface area contributed by atoms with Gasteiger partial charge in [-0.05, 0) is 89.5 Å². The summed E-state index contributed by atoms with van der Waals surface area (Å²) in [5, 5.41) is 2.88. The number of anilines is 1. The van der Waals surface area contributed by atoms with Gasteiger partial charge >= 0.3 is 0 Å². The highest BCUT2D eigenvalue weighted by Gasteiger charge is 2.33. The van der Waals surface area contributed by atoms with Crippen LogP contribution in [-0.2, 0) is 26.2 Å². The van der Waals surface area contributed by atoms with Crippen molar-refractivity contribution in [3.05, 3.63) is 88.0 Å². The standard InChI is InChI=1S/C29H34IN3O5S/c1-4-18-31-29(35)27(5-2)32(20-22-10-9-11-25(19-22)38-3)28(34)21-33(24-16-14-23(30)15-17-24)39(36,37)26-12-7-6-8-13-26/h6-17,19,27H,4-5,18,20-21H2,1-3H3,(H,31,35)/t27-/m1/s1. The van der Waals surface area contributed by atoms with Crippen molar-refractivity contribution in [2.24, 2.45) is 0 Å². The van der Waals surface area contributed by atoms with Crippen LogP contribution in [0, 0.1) is 3.57 Å². The molecule has 2 amide bonds. The number of nitrogens with zero attached hydrogens (tertiary/aromatic N) is 2. The Morgan fingerprint density at radius 3 is 2.28 bits per heavy atom. The van der Waals surface area contributed by atoms with Gasteiger partial charge in [0.25, 0.3) is 10.0 Å². The van der Waals surface area contributed by atoms with Crippen LogP contribution < -0.4 is 14.4 Å². The Labute approximate surface area is 244 Å². The Morgan fingerprint density at radius 2 is 1.67 bits per heavy atom. The van der Waals surface area contributed by atoms with E-state index in [0.717, 1.165) is 19.9 Å². The average Bonchev–Trinajstić information content (AvgIpc) is 2.95. The molecule has 3 rings (SSSR count). The lowest BCUT2D eigenvalue weighted by Gasteiger charge is -2.33. The number of ether oxygens (including phenoxy) is 1. The van der Waals surface area contributed by atoms with Gasteiger partial charge in [-0.15, -0.1) is 0 Å². The molecule has 1 N–H and O–H groups in total. The van der Waals surface area contributed by atoms with Crippen LogP contribution in [0.4, 0.5) is 5.69 Å². The normalized spacial score (nSPS) is 11.9. The van der Waals surface area contributed by atoms with Crippen LogP contribution in [0.25, 0.3) is 0 Å². The highest BCUT2D eigenvalue weighted by Crippen LogP contribution is 2.26. The fourth-order valence-corrected chi connectivity index (χ4v) is 5.90. The third-order valence-corrected chi connectivity index (χ3v) is 8.65. The Balaban J connectivity index is 2.04. The Hall–Kier alpha value is -3.12. The number of sulfonamides is 1. The largest absolute Gasteiger partial charge is 0.497 e. The lowest BCUT2D eigenvalue weighted by Crippen LogP contribution is -2.52. The number of rotatable bonds is 13. The van der Waals surface area contributed by atoms with Crippen molar-refractivity contribution in [1.82, 2.24) is 10.2 Å². The molecule has 3 aromatic carbocycles. The molecule has 0 aliphatic carbocycles. The SMILES string of the molecule is CCCNC(=O)[C@@H](CC)N(Cc1cccc(OC)c1)C(=O)CN(c1ccc(I)cc1)S(=O)(=O)c1ccccc1. The second-order valence-corrected chi connectivity index (χ2v) is 12.0. The van der Waals surface area contributed by atoms with E-state index in [0.29, 0.717) is 24.4 Å². The van der Waals surface area contributed by atoms with Gasteiger partial charge in [-0.2, -0.15) is 0 Å². The molecule has 0 heterocycles. The first-order chi connectivity index (χ1) is 18.7. The smallest absolute Gasteiger partial charge is 0.264 e. The van der Waals surface area contributed by atoms with Crippen molar-refractivity contribution in [1.29, 1.82) is 0 Å². The molecule has 3 aromatic rings. The van der Waals surface area contributed by atoms with Gasteiger partial charge in [-0.3, -0.25) is 13.9 Å². The van der Waals surface area contributed by atoms with E-state index in [9.17, 15) is 18.0 Å². The lowest BCUT2D eigenvalue weighted by molar-refractivity contribution is -0.140. The van der Waals surface area contributed by atoms with Gasteiger partial charge in [0.2, 0.25) is 11.8 Å². The number of carbonyl (C=O) groups is 2. The van der Waals surface area contributed by atoms with Crippen molar-refractivity contribution < 1.29 is 22.7 Å². The average molecular weight is 664 g/mol. The molecule has 0 fully saturated rings. The summed E-state index contributed by atoms with van der Waals surface area (Å²) in [6.07, 6.45) is 1.11. The molecule has 8 nitrogen and oxygen atoms in total. The molecule has 0 spiro atoms. The van der Waals surface area contributed by atoms with Gasteiger partial charge in [-0.25, -0.2) is 8.42 Å². The Bertz CT molecular complexity index is 1350. The number of hydrogen-bond donors (Lipinski definition) is 1. The van der Waals surface area contributed by atoms with Gasteiger partial charge in [0.15, 0.2) is 0 Å². The summed E-state index contributed by atoms with van der Waals surface area (Å²) >= 11 is 2.14. The third-order valence-electron chi connectivity index (χ3n) is 6.15. The summed E-state index contributed by atoms with van der Waals surface area (Å²) in [5.74, 6) is -0.146. The first kappa shape index (κ1) is 30.4. The van der Waals surface area contributed by atoms with Crippen LogP contribution in [0.1, 0.15) is 32.3 Å². The summed E-state index contributed by atoms with van der Waals surface area (Å²) < 4.78 is 35.0. The minimum Gasteiger partial charge on any atom is -0.497 e. The van der Waals surface area contributed by atoms with E-state index in [1.807, 2.05) is 26.0 Å².